The molecule has 136 valence electrons. The van der Waals surface area contributed by atoms with Gasteiger partial charge in [-0.2, -0.15) is 0 Å². The first-order valence-electron chi connectivity index (χ1n) is 7.44. The van der Waals surface area contributed by atoms with Crippen molar-refractivity contribution in [3.8, 4) is 0 Å². The molecule has 0 bridgehead atoms. The summed E-state index contributed by atoms with van der Waals surface area (Å²) in [6.45, 7) is 12.4. The Kier molecular flexibility index (Phi) is 16.5. The van der Waals surface area contributed by atoms with Crippen LogP contribution in [0.2, 0.25) is 0 Å². The fourth-order valence-corrected chi connectivity index (χ4v) is 3.52. The van der Waals surface area contributed by atoms with Gasteiger partial charge < -0.3 is 0 Å². The van der Waals surface area contributed by atoms with Crippen molar-refractivity contribution >= 4 is 15.6 Å². The molecular formula is C12H30O8P2. The zero-order valence-corrected chi connectivity index (χ0v) is 16.2. The van der Waals surface area contributed by atoms with Crippen LogP contribution in [0.3, 0.4) is 0 Å². The summed E-state index contributed by atoms with van der Waals surface area (Å²) in [5.41, 5.74) is 0. The molecule has 0 spiro atoms. The van der Waals surface area contributed by atoms with Crippen LogP contribution >= 0.6 is 15.6 Å². The topological polar surface area (TPSA) is 89.5 Å². The summed E-state index contributed by atoms with van der Waals surface area (Å²) in [7, 11) is -6.44. The van der Waals surface area contributed by atoms with E-state index in [1.807, 2.05) is 0 Å². The van der Waals surface area contributed by atoms with E-state index in [1.165, 1.54) is 0 Å². The minimum Gasteiger partial charge on any atom is -0.287 e. The lowest BCUT2D eigenvalue weighted by molar-refractivity contribution is 0.125. The van der Waals surface area contributed by atoms with Crippen LogP contribution in [0.4, 0.5) is 0 Å². The second-order valence-corrected chi connectivity index (χ2v) is 6.74. The Labute approximate surface area is 134 Å². The van der Waals surface area contributed by atoms with Gasteiger partial charge in [-0.25, -0.2) is 9.13 Å². The predicted octanol–water partition coefficient (Wildman–Crippen LogP) is 4.41. The molecule has 0 saturated carbocycles. The van der Waals surface area contributed by atoms with Gasteiger partial charge in [0.25, 0.3) is 0 Å². The van der Waals surface area contributed by atoms with E-state index >= 15 is 0 Å². The van der Waals surface area contributed by atoms with E-state index in [-0.39, 0.29) is 0 Å². The molecule has 8 nitrogen and oxygen atoms in total. The molecule has 0 saturated heterocycles. The van der Waals surface area contributed by atoms with Crippen LogP contribution in [-0.4, -0.2) is 39.6 Å². The maximum Gasteiger partial charge on any atom is 0.474 e. The van der Waals surface area contributed by atoms with Gasteiger partial charge in [-0.3, -0.25) is 27.1 Å². The van der Waals surface area contributed by atoms with Crippen molar-refractivity contribution in [1.29, 1.82) is 0 Å². The summed E-state index contributed by atoms with van der Waals surface area (Å²) in [5.74, 6) is 0. The quantitative estimate of drug-likeness (QED) is 0.471. The summed E-state index contributed by atoms with van der Waals surface area (Å²) in [6.07, 6.45) is 0. The second-order valence-electron chi connectivity index (χ2n) is 3.40. The zero-order chi connectivity index (χ0) is 17.5. The van der Waals surface area contributed by atoms with E-state index in [9.17, 15) is 9.13 Å². The summed E-state index contributed by atoms with van der Waals surface area (Å²) in [4.78, 5) is 0. The van der Waals surface area contributed by atoms with E-state index in [0.717, 1.165) is 0 Å². The highest BCUT2D eigenvalue weighted by Crippen LogP contribution is 2.49. The normalized spacial score (nSPS) is 11.9. The highest BCUT2D eigenvalue weighted by atomic mass is 31.2. The molecular weight excluding hydrogens is 334 g/mol. The van der Waals surface area contributed by atoms with Crippen molar-refractivity contribution in [3.05, 3.63) is 0 Å². The molecule has 0 unspecified atom stereocenters. The van der Waals surface area contributed by atoms with Gasteiger partial charge in [0.05, 0.1) is 39.6 Å². The van der Waals surface area contributed by atoms with E-state index in [0.29, 0.717) is 39.6 Å². The zero-order valence-electron chi connectivity index (χ0n) is 14.4. The van der Waals surface area contributed by atoms with Gasteiger partial charge in [0, 0.05) is 0 Å². The van der Waals surface area contributed by atoms with Crippen LogP contribution in [-0.2, 0) is 36.3 Å². The summed E-state index contributed by atoms with van der Waals surface area (Å²) < 4.78 is 51.6. The molecule has 0 heterocycles. The SMILES string of the molecule is CCOP(=O)(OCC)OCC.CCOP(=O)(OCC)OCC. The highest BCUT2D eigenvalue weighted by Gasteiger charge is 2.24. The molecule has 0 aliphatic carbocycles. The number of hydrogen-bond acceptors (Lipinski definition) is 8. The molecule has 0 fully saturated rings. The lowest BCUT2D eigenvalue weighted by Gasteiger charge is -2.14. The van der Waals surface area contributed by atoms with Crippen LogP contribution in [0.1, 0.15) is 41.5 Å². The lowest BCUT2D eigenvalue weighted by atomic mass is 10.9. The van der Waals surface area contributed by atoms with Gasteiger partial charge in [-0.05, 0) is 41.5 Å². The van der Waals surface area contributed by atoms with Crippen molar-refractivity contribution in [2.75, 3.05) is 39.6 Å². The van der Waals surface area contributed by atoms with Crippen molar-refractivity contribution in [2.45, 2.75) is 41.5 Å². The maximum atomic E-state index is 11.3. The standard InChI is InChI=1S/2C6H15O4P/c2*1-4-8-11(7,9-5-2)10-6-3/h2*4-6H2,1-3H3. The van der Waals surface area contributed by atoms with E-state index in [2.05, 4.69) is 0 Å². The fourth-order valence-electron chi connectivity index (χ4n) is 1.17. The van der Waals surface area contributed by atoms with Crippen molar-refractivity contribution in [3.63, 3.8) is 0 Å². The first kappa shape index (κ1) is 24.5. The van der Waals surface area contributed by atoms with Gasteiger partial charge in [-0.1, -0.05) is 0 Å². The Balaban J connectivity index is 0. The van der Waals surface area contributed by atoms with Gasteiger partial charge in [0.2, 0.25) is 0 Å². The molecule has 0 N–H and O–H groups in total. The summed E-state index contributed by atoms with van der Waals surface area (Å²) >= 11 is 0. The van der Waals surface area contributed by atoms with Gasteiger partial charge in [-0.15, -0.1) is 0 Å². The van der Waals surface area contributed by atoms with Gasteiger partial charge in [0.1, 0.15) is 0 Å². The third-order valence-electron chi connectivity index (χ3n) is 1.72. The van der Waals surface area contributed by atoms with Crippen LogP contribution in [0.25, 0.3) is 0 Å². The molecule has 0 aromatic carbocycles. The predicted molar refractivity (Wildman–Crippen MR) is 85.0 cm³/mol. The van der Waals surface area contributed by atoms with Crippen molar-refractivity contribution in [1.82, 2.24) is 0 Å². The Morgan fingerprint density at radius 3 is 0.682 bits per heavy atom. The highest BCUT2D eigenvalue weighted by molar-refractivity contribution is 7.48. The third-order valence-corrected chi connectivity index (χ3v) is 5.17. The van der Waals surface area contributed by atoms with E-state index < -0.39 is 15.6 Å². The molecule has 0 atom stereocenters. The van der Waals surface area contributed by atoms with Crippen molar-refractivity contribution in [2.24, 2.45) is 0 Å². The molecule has 0 radical (unpaired) electrons. The van der Waals surface area contributed by atoms with Gasteiger partial charge in [0.15, 0.2) is 0 Å². The Bertz CT molecular complexity index is 258. The third kappa shape index (κ3) is 12.7. The monoisotopic (exact) mass is 364 g/mol. The number of phosphoric acid groups is 2. The molecule has 0 aliphatic heterocycles. The largest absolute Gasteiger partial charge is 0.474 e. The minimum atomic E-state index is -3.22. The minimum absolute atomic E-state index is 0.331. The fraction of sp³-hybridized carbons (Fsp3) is 1.00. The number of rotatable bonds is 12. The summed E-state index contributed by atoms with van der Waals surface area (Å²) in [6, 6.07) is 0. The average molecular weight is 364 g/mol. The Hall–Kier alpha value is 0.220. The first-order valence-corrected chi connectivity index (χ1v) is 10.4. The van der Waals surface area contributed by atoms with Gasteiger partial charge >= 0.3 is 15.6 Å². The molecule has 0 aliphatic rings. The first-order chi connectivity index (χ1) is 10.4. The molecule has 10 heteroatoms. The van der Waals surface area contributed by atoms with E-state index in [4.69, 9.17) is 27.1 Å². The Morgan fingerprint density at radius 1 is 0.455 bits per heavy atom. The molecule has 0 rings (SSSR count). The summed E-state index contributed by atoms with van der Waals surface area (Å²) in [5, 5.41) is 0. The number of phosphoric ester groups is 2. The van der Waals surface area contributed by atoms with Crippen LogP contribution in [0, 0.1) is 0 Å². The average Bonchev–Trinajstić information content (AvgIpc) is 2.40. The smallest absolute Gasteiger partial charge is 0.287 e. The van der Waals surface area contributed by atoms with Crippen LogP contribution in [0.5, 0.6) is 0 Å². The van der Waals surface area contributed by atoms with E-state index in [1.54, 1.807) is 41.5 Å². The second kappa shape index (κ2) is 14.8. The molecule has 22 heavy (non-hydrogen) atoms. The van der Waals surface area contributed by atoms with Crippen LogP contribution in [0.15, 0.2) is 0 Å². The Morgan fingerprint density at radius 2 is 0.591 bits per heavy atom. The maximum absolute atomic E-state index is 11.3. The lowest BCUT2D eigenvalue weighted by Crippen LogP contribution is -1.99. The molecule has 0 aromatic heterocycles. The number of hydrogen-bond donors (Lipinski definition) is 0. The molecule has 0 amide bonds. The van der Waals surface area contributed by atoms with Crippen LogP contribution < -0.4 is 0 Å². The van der Waals surface area contributed by atoms with Crippen molar-refractivity contribution < 1.29 is 36.3 Å². The molecule has 0 aromatic rings.